The highest BCUT2D eigenvalue weighted by Gasteiger charge is 2.19. The van der Waals surface area contributed by atoms with E-state index < -0.39 is 0 Å². The highest BCUT2D eigenvalue weighted by molar-refractivity contribution is 6.20. The summed E-state index contributed by atoms with van der Waals surface area (Å²) in [6, 6.07) is 76.4. The largest absolute Gasteiger partial charge is 0.455 e. The zero-order valence-corrected chi connectivity index (χ0v) is 30.6. The second kappa shape index (κ2) is 13.2. The monoisotopic (exact) mass is 713 g/mol. The number of hydrogen-bond donors (Lipinski definition) is 0. The second-order valence-corrected chi connectivity index (χ2v) is 14.5. The Balaban J connectivity index is 1.10. The Morgan fingerprint density at radius 3 is 1.61 bits per heavy atom. The lowest BCUT2D eigenvalue weighted by molar-refractivity contribution is 0.672. The van der Waals surface area contributed by atoms with Gasteiger partial charge in [0.05, 0.1) is 0 Å². The zero-order valence-electron chi connectivity index (χ0n) is 30.6. The summed E-state index contributed by atoms with van der Waals surface area (Å²) in [5.74, 6) is 0. The van der Waals surface area contributed by atoms with Gasteiger partial charge in [0.25, 0.3) is 0 Å². The van der Waals surface area contributed by atoms with Gasteiger partial charge in [0.1, 0.15) is 11.2 Å². The van der Waals surface area contributed by atoms with E-state index in [1.54, 1.807) is 0 Å². The first-order chi connectivity index (χ1) is 27.8. The van der Waals surface area contributed by atoms with E-state index >= 15 is 0 Å². The fourth-order valence-electron chi connectivity index (χ4n) is 8.57. The third-order valence-corrected chi connectivity index (χ3v) is 11.2. The molecule has 56 heavy (non-hydrogen) atoms. The lowest BCUT2D eigenvalue weighted by atomic mass is 9.93. The van der Waals surface area contributed by atoms with Crippen molar-refractivity contribution in [2.75, 3.05) is 4.90 Å². The molecule has 11 aromatic rings. The lowest BCUT2D eigenvalue weighted by Gasteiger charge is -2.26. The summed E-state index contributed by atoms with van der Waals surface area (Å²) in [7, 11) is 0. The summed E-state index contributed by atoms with van der Waals surface area (Å²) >= 11 is 0. The summed E-state index contributed by atoms with van der Waals surface area (Å²) in [6.45, 7) is 0. The van der Waals surface area contributed by atoms with Crippen LogP contribution in [0.3, 0.4) is 0 Å². The molecule has 0 bridgehead atoms. The Morgan fingerprint density at radius 1 is 0.286 bits per heavy atom. The number of rotatable bonds is 6. The van der Waals surface area contributed by atoms with Gasteiger partial charge in [0, 0.05) is 33.2 Å². The van der Waals surface area contributed by atoms with E-state index in [0.717, 1.165) is 44.4 Å². The standard InChI is InChI=1S/C54H35NO/c1-3-14-36(15-4-1)39-19-13-20-42(32-39)55(41-28-26-38(27-29-41)49-33-40-18-7-8-21-44(40)45-22-9-10-23-46(45)49)43-30-31-53-51(34-43)52-35-50(37-16-5-2-6-17-37)47-24-11-12-25-48(47)54(52)56-53/h1-35H. The van der Waals surface area contributed by atoms with Crippen LogP contribution >= 0.6 is 0 Å². The van der Waals surface area contributed by atoms with Crippen LogP contribution in [-0.4, -0.2) is 0 Å². The molecule has 0 saturated heterocycles. The van der Waals surface area contributed by atoms with Crippen LogP contribution in [0.15, 0.2) is 217 Å². The molecule has 1 heterocycles. The van der Waals surface area contributed by atoms with Crippen molar-refractivity contribution in [1.29, 1.82) is 0 Å². The molecule has 0 unspecified atom stereocenters. The first kappa shape index (κ1) is 32.0. The van der Waals surface area contributed by atoms with Gasteiger partial charge in [-0.1, -0.05) is 158 Å². The van der Waals surface area contributed by atoms with Gasteiger partial charge >= 0.3 is 0 Å². The maximum Gasteiger partial charge on any atom is 0.143 e. The van der Waals surface area contributed by atoms with Crippen LogP contribution in [0, 0.1) is 0 Å². The number of hydrogen-bond acceptors (Lipinski definition) is 2. The topological polar surface area (TPSA) is 16.4 Å². The van der Waals surface area contributed by atoms with E-state index in [2.05, 4.69) is 217 Å². The number of anilines is 3. The number of fused-ring (bicyclic) bond motifs is 8. The molecule has 11 rings (SSSR count). The molecule has 0 aliphatic heterocycles. The van der Waals surface area contributed by atoms with Crippen molar-refractivity contribution in [3.63, 3.8) is 0 Å². The van der Waals surface area contributed by atoms with Gasteiger partial charge in [-0.25, -0.2) is 0 Å². The molecule has 2 nitrogen and oxygen atoms in total. The van der Waals surface area contributed by atoms with E-state index in [9.17, 15) is 0 Å². The Morgan fingerprint density at radius 2 is 0.839 bits per heavy atom. The number of benzene rings is 10. The molecule has 0 saturated carbocycles. The van der Waals surface area contributed by atoms with Crippen LogP contribution in [0.25, 0.3) is 87.6 Å². The molecule has 0 atom stereocenters. The van der Waals surface area contributed by atoms with E-state index in [1.807, 2.05) is 0 Å². The van der Waals surface area contributed by atoms with Gasteiger partial charge in [-0.15, -0.1) is 0 Å². The van der Waals surface area contributed by atoms with E-state index in [0.29, 0.717) is 0 Å². The molecule has 1 aromatic heterocycles. The van der Waals surface area contributed by atoms with Crippen LogP contribution in [0.1, 0.15) is 0 Å². The highest BCUT2D eigenvalue weighted by atomic mass is 16.3. The van der Waals surface area contributed by atoms with Crippen molar-refractivity contribution in [3.05, 3.63) is 212 Å². The molecular weight excluding hydrogens is 679 g/mol. The second-order valence-electron chi connectivity index (χ2n) is 14.5. The van der Waals surface area contributed by atoms with Crippen LogP contribution < -0.4 is 4.90 Å². The number of furan rings is 1. The summed E-state index contributed by atoms with van der Waals surface area (Å²) in [4.78, 5) is 2.37. The van der Waals surface area contributed by atoms with Gasteiger partial charge in [0.2, 0.25) is 0 Å². The SMILES string of the molecule is c1ccc(-c2cccc(N(c3ccc(-c4cc5ccccc5c5ccccc45)cc3)c3ccc4oc5c6ccccc6c(-c6ccccc6)cc5c4c3)c2)cc1. The van der Waals surface area contributed by atoms with Crippen molar-refractivity contribution in [3.8, 4) is 33.4 Å². The minimum atomic E-state index is 0.871. The normalized spacial score (nSPS) is 11.6. The van der Waals surface area contributed by atoms with E-state index in [4.69, 9.17) is 4.42 Å². The van der Waals surface area contributed by atoms with Gasteiger partial charge in [-0.2, -0.15) is 0 Å². The Labute approximate surface area is 325 Å². The molecule has 2 heteroatoms. The average Bonchev–Trinajstić information content (AvgIpc) is 3.65. The minimum Gasteiger partial charge on any atom is -0.455 e. The molecule has 0 aliphatic carbocycles. The molecule has 0 N–H and O–H groups in total. The summed E-state index contributed by atoms with van der Waals surface area (Å²) in [5.41, 5.74) is 12.2. The van der Waals surface area contributed by atoms with E-state index in [-0.39, 0.29) is 0 Å². The van der Waals surface area contributed by atoms with Gasteiger partial charge in [-0.05, 0) is 115 Å². The smallest absolute Gasteiger partial charge is 0.143 e. The number of nitrogens with zero attached hydrogens (tertiary/aromatic N) is 1. The van der Waals surface area contributed by atoms with Crippen molar-refractivity contribution < 1.29 is 4.42 Å². The molecule has 262 valence electrons. The van der Waals surface area contributed by atoms with E-state index in [1.165, 1.54) is 60.3 Å². The lowest BCUT2D eigenvalue weighted by Crippen LogP contribution is -2.10. The quantitative estimate of drug-likeness (QED) is 0.160. The Hall–Kier alpha value is -7.42. The van der Waals surface area contributed by atoms with Crippen molar-refractivity contribution in [2.24, 2.45) is 0 Å². The molecule has 0 radical (unpaired) electrons. The van der Waals surface area contributed by atoms with Crippen LogP contribution in [0.2, 0.25) is 0 Å². The van der Waals surface area contributed by atoms with Crippen molar-refractivity contribution >= 4 is 71.3 Å². The molecule has 0 amide bonds. The van der Waals surface area contributed by atoms with Crippen molar-refractivity contribution in [2.45, 2.75) is 0 Å². The molecule has 0 spiro atoms. The van der Waals surface area contributed by atoms with Gasteiger partial charge < -0.3 is 9.32 Å². The Kier molecular flexibility index (Phi) is 7.53. The van der Waals surface area contributed by atoms with Crippen molar-refractivity contribution in [1.82, 2.24) is 0 Å². The molecule has 10 aromatic carbocycles. The van der Waals surface area contributed by atoms with Crippen LogP contribution in [0.4, 0.5) is 17.1 Å². The fourth-order valence-corrected chi connectivity index (χ4v) is 8.57. The highest BCUT2D eigenvalue weighted by Crippen LogP contribution is 2.44. The molecule has 0 aliphatic rings. The molecule has 0 fully saturated rings. The zero-order chi connectivity index (χ0) is 37.0. The summed E-state index contributed by atoms with van der Waals surface area (Å²) in [5, 5.41) is 9.54. The summed E-state index contributed by atoms with van der Waals surface area (Å²) < 4.78 is 6.69. The minimum absolute atomic E-state index is 0.871. The average molecular weight is 714 g/mol. The predicted octanol–water partition coefficient (Wildman–Crippen LogP) is 15.5. The fraction of sp³-hybridized carbons (Fsp3) is 0. The van der Waals surface area contributed by atoms with Crippen LogP contribution in [-0.2, 0) is 0 Å². The molecular formula is C54H35NO. The van der Waals surface area contributed by atoms with Gasteiger partial charge in [0.15, 0.2) is 0 Å². The van der Waals surface area contributed by atoms with Crippen LogP contribution in [0.5, 0.6) is 0 Å². The maximum atomic E-state index is 6.69. The predicted molar refractivity (Wildman–Crippen MR) is 237 cm³/mol. The first-order valence-corrected chi connectivity index (χ1v) is 19.2. The van der Waals surface area contributed by atoms with Gasteiger partial charge in [-0.3, -0.25) is 0 Å². The first-order valence-electron chi connectivity index (χ1n) is 19.2. The Bertz CT molecular complexity index is 3230. The third-order valence-electron chi connectivity index (χ3n) is 11.2. The maximum absolute atomic E-state index is 6.69. The third kappa shape index (κ3) is 5.34. The summed E-state index contributed by atoms with van der Waals surface area (Å²) in [6.07, 6.45) is 0.